The number of carbonyl (C=O) groups excluding carboxylic acids is 1. The van der Waals surface area contributed by atoms with E-state index in [0.29, 0.717) is 12.0 Å². The maximum Gasteiger partial charge on any atom is 0.338 e. The van der Waals surface area contributed by atoms with Gasteiger partial charge in [0.1, 0.15) is 6.61 Å². The van der Waals surface area contributed by atoms with E-state index in [2.05, 4.69) is 0 Å². The van der Waals surface area contributed by atoms with Crippen LogP contribution in [0.1, 0.15) is 60.2 Å². The molecule has 0 spiro atoms. The second kappa shape index (κ2) is 4.93. The molecule has 0 fully saturated rings. The quantitative estimate of drug-likeness (QED) is 0.861. The first-order valence-corrected chi connectivity index (χ1v) is 6.73. The average molecular weight is 276 g/mol. The summed E-state index contributed by atoms with van der Waals surface area (Å²) in [6.45, 7) is 8.19. The standard InChI is InChI=1S/C16H20O4/c1-9-10(12(14(17)18)7-16(2,3)4)5-6-11-13(9)8-20-15(11)19/h5-6,12H,7-8H2,1-4H3,(H,17,18). The van der Waals surface area contributed by atoms with Crippen LogP contribution in [0.2, 0.25) is 0 Å². The van der Waals surface area contributed by atoms with E-state index in [1.54, 1.807) is 12.1 Å². The molecule has 2 rings (SSSR count). The molecular formula is C16H20O4. The van der Waals surface area contributed by atoms with Gasteiger partial charge in [-0.05, 0) is 36.0 Å². The predicted molar refractivity (Wildman–Crippen MR) is 74.7 cm³/mol. The lowest BCUT2D eigenvalue weighted by Gasteiger charge is -2.25. The lowest BCUT2D eigenvalue weighted by molar-refractivity contribution is -0.139. The van der Waals surface area contributed by atoms with Crippen molar-refractivity contribution in [1.29, 1.82) is 0 Å². The molecule has 4 heteroatoms. The average Bonchev–Trinajstić information content (AvgIpc) is 2.69. The minimum absolute atomic E-state index is 0.0825. The first kappa shape index (κ1) is 14.6. The fourth-order valence-electron chi connectivity index (χ4n) is 2.69. The van der Waals surface area contributed by atoms with E-state index < -0.39 is 11.9 Å². The molecule has 1 unspecified atom stereocenters. The van der Waals surface area contributed by atoms with Crippen molar-refractivity contribution in [1.82, 2.24) is 0 Å². The summed E-state index contributed by atoms with van der Waals surface area (Å²) < 4.78 is 5.01. The van der Waals surface area contributed by atoms with Gasteiger partial charge in [-0.3, -0.25) is 4.79 Å². The van der Waals surface area contributed by atoms with Gasteiger partial charge < -0.3 is 9.84 Å². The summed E-state index contributed by atoms with van der Waals surface area (Å²) in [4.78, 5) is 23.1. The van der Waals surface area contributed by atoms with Gasteiger partial charge in [0, 0.05) is 5.56 Å². The van der Waals surface area contributed by atoms with Crippen LogP contribution in [-0.2, 0) is 16.1 Å². The zero-order chi connectivity index (χ0) is 15.1. The van der Waals surface area contributed by atoms with Gasteiger partial charge in [-0.25, -0.2) is 4.79 Å². The minimum Gasteiger partial charge on any atom is -0.481 e. The van der Waals surface area contributed by atoms with E-state index in [9.17, 15) is 14.7 Å². The Morgan fingerprint density at radius 1 is 1.40 bits per heavy atom. The maximum absolute atomic E-state index is 11.6. The van der Waals surface area contributed by atoms with E-state index in [1.165, 1.54) is 0 Å². The van der Waals surface area contributed by atoms with Crippen LogP contribution < -0.4 is 0 Å². The lowest BCUT2D eigenvalue weighted by Crippen LogP contribution is -2.20. The monoisotopic (exact) mass is 276 g/mol. The van der Waals surface area contributed by atoms with Crippen molar-refractivity contribution >= 4 is 11.9 Å². The summed E-state index contributed by atoms with van der Waals surface area (Å²) >= 11 is 0. The second-order valence-electron chi connectivity index (χ2n) is 6.54. The Hall–Kier alpha value is -1.84. The Balaban J connectivity index is 2.46. The highest BCUT2D eigenvalue weighted by Gasteiger charge is 2.31. The normalized spacial score (nSPS) is 15.7. The number of hydrogen-bond acceptors (Lipinski definition) is 3. The van der Waals surface area contributed by atoms with E-state index in [4.69, 9.17) is 4.74 Å². The Morgan fingerprint density at radius 2 is 2.05 bits per heavy atom. The van der Waals surface area contributed by atoms with Crippen molar-refractivity contribution in [2.45, 2.75) is 46.6 Å². The number of fused-ring (bicyclic) bond motifs is 1. The van der Waals surface area contributed by atoms with Gasteiger partial charge in [-0.1, -0.05) is 26.8 Å². The van der Waals surface area contributed by atoms with Crippen molar-refractivity contribution in [3.8, 4) is 0 Å². The molecule has 1 atom stereocenters. The number of esters is 1. The molecule has 0 bridgehead atoms. The molecule has 4 nitrogen and oxygen atoms in total. The van der Waals surface area contributed by atoms with Crippen LogP contribution in [0, 0.1) is 12.3 Å². The first-order valence-electron chi connectivity index (χ1n) is 6.73. The Morgan fingerprint density at radius 3 is 2.60 bits per heavy atom. The molecule has 0 amide bonds. The number of carbonyl (C=O) groups is 2. The van der Waals surface area contributed by atoms with Crippen LogP contribution in [0.15, 0.2) is 12.1 Å². The zero-order valence-electron chi connectivity index (χ0n) is 12.3. The number of cyclic esters (lactones) is 1. The Labute approximate surface area is 118 Å². The van der Waals surface area contributed by atoms with Gasteiger partial charge in [-0.15, -0.1) is 0 Å². The molecule has 1 N–H and O–H groups in total. The molecule has 1 aromatic carbocycles. The number of carboxylic acids is 1. The molecular weight excluding hydrogens is 256 g/mol. The van der Waals surface area contributed by atoms with Gasteiger partial charge in [0.05, 0.1) is 11.5 Å². The molecule has 0 radical (unpaired) electrons. The summed E-state index contributed by atoms with van der Waals surface area (Å²) in [5.74, 6) is -1.71. The number of ether oxygens (including phenoxy) is 1. The maximum atomic E-state index is 11.6. The number of hydrogen-bond donors (Lipinski definition) is 1. The van der Waals surface area contributed by atoms with E-state index in [0.717, 1.165) is 16.7 Å². The van der Waals surface area contributed by atoms with Crippen LogP contribution in [0.3, 0.4) is 0 Å². The molecule has 1 aliphatic heterocycles. The van der Waals surface area contributed by atoms with Crippen molar-refractivity contribution < 1.29 is 19.4 Å². The topological polar surface area (TPSA) is 63.6 Å². The van der Waals surface area contributed by atoms with Crippen LogP contribution in [-0.4, -0.2) is 17.0 Å². The van der Waals surface area contributed by atoms with E-state index in [-0.39, 0.29) is 18.0 Å². The molecule has 0 aliphatic carbocycles. The lowest BCUT2D eigenvalue weighted by atomic mass is 9.79. The van der Waals surface area contributed by atoms with Crippen molar-refractivity contribution in [2.75, 3.05) is 0 Å². The van der Waals surface area contributed by atoms with Crippen molar-refractivity contribution in [3.63, 3.8) is 0 Å². The zero-order valence-corrected chi connectivity index (χ0v) is 12.3. The molecule has 0 saturated carbocycles. The highest BCUT2D eigenvalue weighted by Crippen LogP contribution is 2.36. The molecule has 1 aromatic rings. The van der Waals surface area contributed by atoms with Crippen LogP contribution >= 0.6 is 0 Å². The summed E-state index contributed by atoms with van der Waals surface area (Å²) in [5, 5.41) is 9.52. The number of carboxylic acid groups (broad SMARTS) is 1. The third kappa shape index (κ3) is 2.69. The fraction of sp³-hybridized carbons (Fsp3) is 0.500. The Bertz CT molecular complexity index is 567. The van der Waals surface area contributed by atoms with Crippen LogP contribution in [0.5, 0.6) is 0 Å². The summed E-state index contributed by atoms with van der Waals surface area (Å²) in [5.41, 5.74) is 2.95. The molecule has 0 saturated heterocycles. The molecule has 1 heterocycles. The molecule has 0 aromatic heterocycles. The molecule has 20 heavy (non-hydrogen) atoms. The summed E-state index contributed by atoms with van der Waals surface area (Å²) in [7, 11) is 0. The second-order valence-corrected chi connectivity index (χ2v) is 6.54. The van der Waals surface area contributed by atoms with Gasteiger partial charge in [0.2, 0.25) is 0 Å². The van der Waals surface area contributed by atoms with Gasteiger partial charge in [0.15, 0.2) is 0 Å². The predicted octanol–water partition coefficient (Wildman–Crippen LogP) is 3.27. The molecule has 1 aliphatic rings. The summed E-state index contributed by atoms with van der Waals surface area (Å²) in [6, 6.07) is 3.44. The van der Waals surface area contributed by atoms with Gasteiger partial charge in [-0.2, -0.15) is 0 Å². The molecule has 108 valence electrons. The first-order chi connectivity index (χ1) is 9.20. The van der Waals surface area contributed by atoms with Gasteiger partial charge in [0.25, 0.3) is 0 Å². The highest BCUT2D eigenvalue weighted by atomic mass is 16.5. The van der Waals surface area contributed by atoms with Crippen molar-refractivity contribution in [3.05, 3.63) is 34.4 Å². The summed E-state index contributed by atoms with van der Waals surface area (Å²) in [6.07, 6.45) is 0.552. The largest absolute Gasteiger partial charge is 0.481 e. The number of aliphatic carboxylic acids is 1. The highest BCUT2D eigenvalue weighted by molar-refractivity contribution is 5.94. The number of benzene rings is 1. The van der Waals surface area contributed by atoms with E-state index >= 15 is 0 Å². The van der Waals surface area contributed by atoms with Crippen molar-refractivity contribution in [2.24, 2.45) is 5.41 Å². The van der Waals surface area contributed by atoms with Crippen LogP contribution in [0.4, 0.5) is 0 Å². The smallest absolute Gasteiger partial charge is 0.338 e. The fourth-order valence-corrected chi connectivity index (χ4v) is 2.69. The van der Waals surface area contributed by atoms with Crippen LogP contribution in [0.25, 0.3) is 0 Å². The minimum atomic E-state index is -0.826. The Kier molecular flexibility index (Phi) is 3.59. The van der Waals surface area contributed by atoms with Gasteiger partial charge >= 0.3 is 11.9 Å². The van der Waals surface area contributed by atoms with E-state index in [1.807, 2.05) is 27.7 Å². The SMILES string of the molecule is Cc1c(C(CC(C)(C)C)C(=O)O)ccc2c1COC2=O. The third-order valence-electron chi connectivity index (χ3n) is 3.70. The third-order valence-corrected chi connectivity index (χ3v) is 3.70. The number of rotatable bonds is 3.